The lowest BCUT2D eigenvalue weighted by molar-refractivity contribution is 0.0327. The molecule has 1 spiro atoms. The summed E-state index contributed by atoms with van der Waals surface area (Å²) in [7, 11) is 5.32. The second kappa shape index (κ2) is 7.74. The molecule has 1 aliphatic carbocycles. The molecule has 0 aromatic rings. The van der Waals surface area contributed by atoms with Gasteiger partial charge in [-0.3, -0.25) is 4.67 Å². The van der Waals surface area contributed by atoms with Crippen LogP contribution in [0.1, 0.15) is 32.6 Å². The lowest BCUT2D eigenvalue weighted by Crippen LogP contribution is -2.52. The summed E-state index contributed by atoms with van der Waals surface area (Å²) in [5.74, 6) is 1.42. The van der Waals surface area contributed by atoms with Gasteiger partial charge in [0.25, 0.3) is 0 Å². The third-order valence-corrected chi connectivity index (χ3v) is 8.83. The Kier molecular flexibility index (Phi) is 6.07. The van der Waals surface area contributed by atoms with Crippen molar-refractivity contribution in [1.29, 1.82) is 0 Å². The molecular weight excluding hydrogens is 340 g/mol. The number of ether oxygens (including phenoxy) is 1. The average Bonchev–Trinajstić information content (AvgIpc) is 3.01. The molecule has 7 unspecified atom stereocenters. The first-order valence-corrected chi connectivity index (χ1v) is 11.2. The maximum absolute atomic E-state index is 12.0. The Morgan fingerprint density at radius 2 is 2.25 bits per heavy atom. The summed E-state index contributed by atoms with van der Waals surface area (Å²) in [6.45, 7) is 5.30. The Balaban J connectivity index is 1.74. The Morgan fingerprint density at radius 3 is 2.88 bits per heavy atom. The number of amides is 1. The zero-order chi connectivity index (χ0) is 17.3. The molecule has 1 saturated carbocycles. The summed E-state index contributed by atoms with van der Waals surface area (Å²) in [6.07, 6.45) is 6.89. The van der Waals surface area contributed by atoms with E-state index in [4.69, 9.17) is 10.5 Å². The molecule has 2 saturated heterocycles. The second-order valence-electron chi connectivity index (χ2n) is 8.03. The van der Waals surface area contributed by atoms with Crippen LogP contribution in [0, 0.1) is 17.3 Å². The van der Waals surface area contributed by atoms with E-state index in [9.17, 15) is 4.79 Å². The van der Waals surface area contributed by atoms with E-state index in [1.54, 1.807) is 0 Å². The van der Waals surface area contributed by atoms with Gasteiger partial charge in [-0.2, -0.15) is 0 Å². The topological polar surface area (TPSA) is 58.8 Å². The largest absolute Gasteiger partial charge is 0.453 e. The van der Waals surface area contributed by atoms with Crippen LogP contribution in [0.25, 0.3) is 0 Å². The number of hydrogen-bond acceptors (Lipinski definition) is 4. The van der Waals surface area contributed by atoms with Crippen molar-refractivity contribution >= 4 is 24.1 Å². The number of carbonyl (C=O) groups is 1. The number of nitrogens with zero attached hydrogens (tertiary/aromatic N) is 2. The van der Waals surface area contributed by atoms with E-state index in [1.807, 2.05) is 4.90 Å². The highest BCUT2D eigenvalue weighted by molar-refractivity contribution is 7.35. The van der Waals surface area contributed by atoms with Crippen molar-refractivity contribution in [3.63, 3.8) is 0 Å². The third-order valence-electron chi connectivity index (χ3n) is 6.60. The van der Waals surface area contributed by atoms with Gasteiger partial charge in [0.2, 0.25) is 0 Å². The predicted octanol–water partition coefficient (Wildman–Crippen LogP) is 2.36. The molecule has 2 N–H and O–H groups in total. The van der Waals surface area contributed by atoms with E-state index in [-0.39, 0.29) is 11.5 Å². The van der Waals surface area contributed by atoms with Gasteiger partial charge >= 0.3 is 6.09 Å². The van der Waals surface area contributed by atoms with Crippen molar-refractivity contribution in [2.24, 2.45) is 23.0 Å². The quantitative estimate of drug-likeness (QED) is 0.755. The number of nitrogens with two attached hydrogens (primary N) is 1. The van der Waals surface area contributed by atoms with Gasteiger partial charge in [-0.05, 0) is 64.0 Å². The molecule has 7 atom stereocenters. The van der Waals surface area contributed by atoms with Gasteiger partial charge in [0, 0.05) is 31.7 Å². The summed E-state index contributed by atoms with van der Waals surface area (Å²) in [4.78, 5) is 13.9. The van der Waals surface area contributed by atoms with Crippen LogP contribution in [0.4, 0.5) is 4.79 Å². The molecule has 24 heavy (non-hydrogen) atoms. The first kappa shape index (κ1) is 18.8. The fraction of sp³-hybridized carbons (Fsp3) is 0.941. The maximum atomic E-state index is 12.0. The minimum atomic E-state index is -0.157. The lowest BCUT2D eigenvalue weighted by atomic mass is 9.61. The lowest BCUT2D eigenvalue weighted by Gasteiger charge is -2.51. The van der Waals surface area contributed by atoms with E-state index < -0.39 is 0 Å². The number of methoxy groups -OCH3 is 1. The molecule has 2 heterocycles. The summed E-state index contributed by atoms with van der Waals surface area (Å²) >= 11 is 0. The van der Waals surface area contributed by atoms with Crippen molar-refractivity contribution in [1.82, 2.24) is 9.57 Å². The third kappa shape index (κ3) is 3.61. The minimum Gasteiger partial charge on any atom is -0.453 e. The molecule has 2 aliphatic heterocycles. The molecule has 0 radical (unpaired) electrons. The fourth-order valence-electron chi connectivity index (χ4n) is 5.09. The summed E-state index contributed by atoms with van der Waals surface area (Å²) in [5.41, 5.74) is 6.38. The Bertz CT molecular complexity index is 459. The van der Waals surface area contributed by atoms with Gasteiger partial charge in [-0.15, -0.1) is 9.24 Å². The molecule has 1 amide bonds. The second-order valence-corrected chi connectivity index (χ2v) is 9.80. The summed E-state index contributed by atoms with van der Waals surface area (Å²) in [6, 6.07) is 1.05. The number of hydrogen-bond donors (Lipinski definition) is 1. The standard InChI is InChI=1S/C17H33N3O2P2/c1-12-7-13(9-23)17(4-6-19(11-17)16(21)22-2)8-15(12)20-5-3-14(18)10-24-20/h12-15,24H,3-11,18,23H2,1-2H3. The van der Waals surface area contributed by atoms with Gasteiger partial charge in [0.15, 0.2) is 0 Å². The molecule has 0 bridgehead atoms. The van der Waals surface area contributed by atoms with E-state index in [0.29, 0.717) is 18.0 Å². The first-order chi connectivity index (χ1) is 11.5. The summed E-state index contributed by atoms with van der Waals surface area (Å²) < 4.78 is 7.69. The van der Waals surface area contributed by atoms with Crippen molar-refractivity contribution in [3.05, 3.63) is 0 Å². The fourth-order valence-corrected chi connectivity index (χ4v) is 7.32. The Morgan fingerprint density at radius 1 is 1.46 bits per heavy atom. The van der Waals surface area contributed by atoms with Crippen LogP contribution in [0.3, 0.4) is 0 Å². The average molecular weight is 373 g/mol. The SMILES string of the molecule is COC(=O)N1CCC2(CC(N3CCC(N)CP3)C(C)CC2CP)C1. The van der Waals surface area contributed by atoms with E-state index in [2.05, 4.69) is 20.8 Å². The molecule has 3 rings (SSSR count). The first-order valence-electron chi connectivity index (χ1n) is 9.28. The normalized spacial score (nSPS) is 41.9. The molecule has 5 nitrogen and oxygen atoms in total. The molecule has 0 aromatic carbocycles. The van der Waals surface area contributed by atoms with Crippen molar-refractivity contribution in [2.75, 3.05) is 39.1 Å². The highest BCUT2D eigenvalue weighted by Crippen LogP contribution is 2.52. The number of likely N-dealkylation sites (tertiary alicyclic amines) is 1. The van der Waals surface area contributed by atoms with Crippen molar-refractivity contribution in [3.8, 4) is 0 Å². The van der Waals surface area contributed by atoms with Crippen LogP contribution < -0.4 is 5.73 Å². The van der Waals surface area contributed by atoms with Crippen LogP contribution in [-0.2, 0) is 4.74 Å². The minimum absolute atomic E-state index is 0.157. The Hall–Kier alpha value is 0.0500. The highest BCUT2D eigenvalue weighted by atomic mass is 31.1. The van der Waals surface area contributed by atoms with E-state index in [0.717, 1.165) is 59.4 Å². The molecule has 3 fully saturated rings. The predicted molar refractivity (Wildman–Crippen MR) is 104 cm³/mol. The van der Waals surface area contributed by atoms with Crippen molar-refractivity contribution < 1.29 is 9.53 Å². The molecule has 7 heteroatoms. The maximum Gasteiger partial charge on any atom is 0.409 e. The van der Waals surface area contributed by atoms with E-state index >= 15 is 0 Å². The number of rotatable bonds is 2. The molecule has 138 valence electrons. The van der Waals surface area contributed by atoms with E-state index in [1.165, 1.54) is 20.0 Å². The molecular formula is C17H33N3O2P2. The van der Waals surface area contributed by atoms with Crippen LogP contribution in [0.2, 0.25) is 0 Å². The Labute approximate surface area is 150 Å². The zero-order valence-electron chi connectivity index (χ0n) is 15.0. The van der Waals surface area contributed by atoms with Gasteiger partial charge in [0.05, 0.1) is 7.11 Å². The van der Waals surface area contributed by atoms with Crippen LogP contribution in [0.15, 0.2) is 0 Å². The van der Waals surface area contributed by atoms with Crippen LogP contribution in [-0.4, -0.2) is 66.8 Å². The van der Waals surface area contributed by atoms with Gasteiger partial charge in [-0.1, -0.05) is 6.92 Å². The zero-order valence-corrected chi connectivity index (χ0v) is 17.2. The van der Waals surface area contributed by atoms with Gasteiger partial charge in [-0.25, -0.2) is 4.79 Å². The monoisotopic (exact) mass is 373 g/mol. The number of carbonyl (C=O) groups excluding carboxylic acids is 1. The van der Waals surface area contributed by atoms with Crippen molar-refractivity contribution in [2.45, 2.75) is 44.7 Å². The van der Waals surface area contributed by atoms with Gasteiger partial charge in [0.1, 0.15) is 0 Å². The van der Waals surface area contributed by atoms with Crippen LogP contribution >= 0.6 is 18.0 Å². The van der Waals surface area contributed by atoms with Gasteiger partial charge < -0.3 is 15.4 Å². The molecule has 0 aromatic heterocycles. The summed E-state index contributed by atoms with van der Waals surface area (Å²) in [5, 5.41) is 0. The smallest absolute Gasteiger partial charge is 0.409 e. The van der Waals surface area contributed by atoms with Crippen LogP contribution in [0.5, 0.6) is 0 Å². The molecule has 3 aliphatic rings. The highest BCUT2D eigenvalue weighted by Gasteiger charge is 2.51.